The maximum atomic E-state index is 12.8. The van der Waals surface area contributed by atoms with Crippen molar-refractivity contribution in [2.45, 2.75) is 20.3 Å². The molecular formula is C26H26N2O4. The zero-order valence-corrected chi connectivity index (χ0v) is 18.2. The lowest BCUT2D eigenvalue weighted by Gasteiger charge is -2.20. The van der Waals surface area contributed by atoms with Crippen molar-refractivity contribution in [1.29, 1.82) is 0 Å². The van der Waals surface area contributed by atoms with Crippen LogP contribution in [0.5, 0.6) is 17.2 Å². The second-order valence-corrected chi connectivity index (χ2v) is 7.69. The van der Waals surface area contributed by atoms with Gasteiger partial charge in [0.05, 0.1) is 18.2 Å². The van der Waals surface area contributed by atoms with Gasteiger partial charge in [0, 0.05) is 18.7 Å². The molecule has 0 saturated carbocycles. The lowest BCUT2D eigenvalue weighted by atomic mass is 10.1. The lowest BCUT2D eigenvalue weighted by molar-refractivity contribution is -0.122. The summed E-state index contributed by atoms with van der Waals surface area (Å²) in [5.41, 5.74) is 2.41. The molecule has 0 bridgehead atoms. The average molecular weight is 431 g/mol. The Kier molecular flexibility index (Phi) is 6.40. The van der Waals surface area contributed by atoms with Crippen molar-refractivity contribution in [2.24, 2.45) is 5.92 Å². The molecule has 1 heterocycles. The van der Waals surface area contributed by atoms with Gasteiger partial charge in [-0.3, -0.25) is 9.59 Å². The van der Waals surface area contributed by atoms with Crippen molar-refractivity contribution in [2.75, 3.05) is 23.4 Å². The third-order valence-corrected chi connectivity index (χ3v) is 5.39. The third-order valence-electron chi connectivity index (χ3n) is 5.39. The van der Waals surface area contributed by atoms with Crippen LogP contribution in [0.3, 0.4) is 0 Å². The Morgan fingerprint density at radius 1 is 1.00 bits per heavy atom. The topological polar surface area (TPSA) is 67.9 Å². The molecule has 1 fully saturated rings. The van der Waals surface area contributed by atoms with Gasteiger partial charge in [-0.1, -0.05) is 30.3 Å². The molecule has 1 aliphatic heterocycles. The van der Waals surface area contributed by atoms with Gasteiger partial charge >= 0.3 is 0 Å². The highest BCUT2D eigenvalue weighted by Crippen LogP contribution is 2.33. The van der Waals surface area contributed by atoms with E-state index in [0.29, 0.717) is 36.0 Å². The highest BCUT2D eigenvalue weighted by Gasteiger charge is 2.36. The number of aryl methyl sites for hydroxylation is 1. The molecule has 0 unspecified atom stereocenters. The Balaban J connectivity index is 1.39. The van der Waals surface area contributed by atoms with E-state index in [-0.39, 0.29) is 18.2 Å². The van der Waals surface area contributed by atoms with Crippen LogP contribution in [0.15, 0.2) is 72.8 Å². The highest BCUT2D eigenvalue weighted by atomic mass is 16.5. The lowest BCUT2D eigenvalue weighted by Crippen LogP contribution is -2.28. The van der Waals surface area contributed by atoms with Crippen LogP contribution in [0.1, 0.15) is 18.9 Å². The van der Waals surface area contributed by atoms with Crippen LogP contribution in [-0.4, -0.2) is 25.0 Å². The summed E-state index contributed by atoms with van der Waals surface area (Å²) in [5.74, 6) is 1.43. The number of anilines is 2. The third kappa shape index (κ3) is 4.75. The first kappa shape index (κ1) is 21.4. The van der Waals surface area contributed by atoms with Gasteiger partial charge in [-0.15, -0.1) is 0 Å². The molecule has 1 atom stereocenters. The van der Waals surface area contributed by atoms with Crippen LogP contribution in [0.2, 0.25) is 0 Å². The summed E-state index contributed by atoms with van der Waals surface area (Å²) in [5, 5.41) is 2.91. The zero-order chi connectivity index (χ0) is 22.5. The minimum atomic E-state index is -0.430. The first-order valence-corrected chi connectivity index (χ1v) is 10.7. The van der Waals surface area contributed by atoms with Crippen molar-refractivity contribution in [3.8, 4) is 17.2 Å². The summed E-state index contributed by atoms with van der Waals surface area (Å²) >= 11 is 0. The highest BCUT2D eigenvalue weighted by molar-refractivity contribution is 6.04. The fourth-order valence-corrected chi connectivity index (χ4v) is 3.72. The molecule has 0 radical (unpaired) electrons. The molecule has 3 aromatic carbocycles. The summed E-state index contributed by atoms with van der Waals surface area (Å²) in [6, 6.07) is 22.4. The van der Waals surface area contributed by atoms with Gasteiger partial charge in [-0.2, -0.15) is 0 Å². The van der Waals surface area contributed by atoms with Gasteiger partial charge in [0.25, 0.3) is 0 Å². The predicted octanol–water partition coefficient (Wildman–Crippen LogP) is 5.18. The molecule has 6 heteroatoms. The van der Waals surface area contributed by atoms with Gasteiger partial charge in [0.15, 0.2) is 0 Å². The number of carbonyl (C=O) groups excluding carboxylic acids is 2. The van der Waals surface area contributed by atoms with E-state index in [1.807, 2.05) is 74.5 Å². The van der Waals surface area contributed by atoms with E-state index >= 15 is 0 Å². The largest absolute Gasteiger partial charge is 0.492 e. The average Bonchev–Trinajstić information content (AvgIpc) is 3.19. The smallest absolute Gasteiger partial charge is 0.229 e. The Hall–Kier alpha value is -3.80. The number of hydrogen-bond acceptors (Lipinski definition) is 4. The van der Waals surface area contributed by atoms with Gasteiger partial charge in [-0.25, -0.2) is 0 Å². The van der Waals surface area contributed by atoms with Crippen molar-refractivity contribution in [3.63, 3.8) is 0 Å². The normalized spacial score (nSPS) is 15.5. The second kappa shape index (κ2) is 9.56. The molecule has 0 aromatic heterocycles. The van der Waals surface area contributed by atoms with E-state index < -0.39 is 5.92 Å². The summed E-state index contributed by atoms with van der Waals surface area (Å²) in [6.45, 7) is 4.72. The summed E-state index contributed by atoms with van der Waals surface area (Å²) < 4.78 is 11.5. The molecule has 6 nitrogen and oxygen atoms in total. The van der Waals surface area contributed by atoms with Crippen molar-refractivity contribution in [1.82, 2.24) is 0 Å². The molecule has 0 aliphatic carbocycles. The predicted molar refractivity (Wildman–Crippen MR) is 124 cm³/mol. The molecule has 1 N–H and O–H groups in total. The Bertz CT molecular complexity index is 1110. The van der Waals surface area contributed by atoms with Crippen LogP contribution in [0.4, 0.5) is 11.4 Å². The van der Waals surface area contributed by atoms with Crippen LogP contribution >= 0.6 is 0 Å². The number of amides is 2. The Morgan fingerprint density at radius 3 is 2.41 bits per heavy atom. The molecule has 3 aromatic rings. The number of para-hydroxylation sites is 3. The van der Waals surface area contributed by atoms with Gasteiger partial charge in [0.2, 0.25) is 11.8 Å². The summed E-state index contributed by atoms with van der Waals surface area (Å²) in [7, 11) is 0. The fourth-order valence-electron chi connectivity index (χ4n) is 3.72. The summed E-state index contributed by atoms with van der Waals surface area (Å²) in [6.07, 6.45) is 0.167. The van der Waals surface area contributed by atoms with Crippen molar-refractivity contribution in [3.05, 3.63) is 78.4 Å². The number of carbonyl (C=O) groups is 2. The standard InChI is InChI=1S/C26H26N2O4/c1-3-31-24-11-7-5-9-22(24)28-17-19(16-25(28)29)26(30)27-20-12-14-21(15-13-20)32-23-10-6-4-8-18(23)2/h4-15,19H,3,16-17H2,1-2H3,(H,27,30)/t19-/m1/s1. The van der Waals surface area contributed by atoms with E-state index in [1.54, 1.807) is 17.0 Å². The van der Waals surface area contributed by atoms with E-state index in [2.05, 4.69) is 5.32 Å². The maximum absolute atomic E-state index is 12.8. The van der Waals surface area contributed by atoms with Crippen LogP contribution < -0.4 is 19.7 Å². The van der Waals surface area contributed by atoms with Gasteiger partial charge in [-0.05, 0) is 61.9 Å². The molecule has 0 spiro atoms. The maximum Gasteiger partial charge on any atom is 0.229 e. The minimum absolute atomic E-state index is 0.0840. The van der Waals surface area contributed by atoms with Crippen molar-refractivity contribution >= 4 is 23.2 Å². The van der Waals surface area contributed by atoms with Crippen LogP contribution in [0, 0.1) is 12.8 Å². The number of nitrogens with one attached hydrogen (secondary N) is 1. The molecule has 1 saturated heterocycles. The SMILES string of the molecule is CCOc1ccccc1N1C[C@H](C(=O)Nc2ccc(Oc3ccccc3C)cc2)CC1=O. The number of benzene rings is 3. The number of nitrogens with zero attached hydrogens (tertiary/aromatic N) is 1. The van der Waals surface area contributed by atoms with Crippen LogP contribution in [0.25, 0.3) is 0 Å². The number of hydrogen-bond donors (Lipinski definition) is 1. The van der Waals surface area contributed by atoms with E-state index in [0.717, 1.165) is 11.3 Å². The van der Waals surface area contributed by atoms with E-state index in [9.17, 15) is 9.59 Å². The van der Waals surface area contributed by atoms with E-state index in [1.165, 1.54) is 0 Å². The van der Waals surface area contributed by atoms with E-state index in [4.69, 9.17) is 9.47 Å². The molecule has 1 aliphatic rings. The minimum Gasteiger partial charge on any atom is -0.492 e. The van der Waals surface area contributed by atoms with Gasteiger partial charge in [0.1, 0.15) is 17.2 Å². The molecule has 164 valence electrons. The molecule has 32 heavy (non-hydrogen) atoms. The van der Waals surface area contributed by atoms with Crippen molar-refractivity contribution < 1.29 is 19.1 Å². The fraction of sp³-hybridized carbons (Fsp3) is 0.231. The molecule has 4 rings (SSSR count). The first-order chi connectivity index (χ1) is 15.5. The zero-order valence-electron chi connectivity index (χ0n) is 18.2. The molecule has 2 amide bonds. The Labute approximate surface area is 187 Å². The van der Waals surface area contributed by atoms with Gasteiger partial charge < -0.3 is 19.7 Å². The number of rotatable bonds is 7. The Morgan fingerprint density at radius 2 is 1.69 bits per heavy atom. The number of ether oxygens (including phenoxy) is 2. The second-order valence-electron chi connectivity index (χ2n) is 7.69. The molecular weight excluding hydrogens is 404 g/mol. The quantitative estimate of drug-likeness (QED) is 0.561. The monoisotopic (exact) mass is 430 g/mol. The summed E-state index contributed by atoms with van der Waals surface area (Å²) in [4.78, 5) is 27.1. The first-order valence-electron chi connectivity index (χ1n) is 10.7. The van der Waals surface area contributed by atoms with Crippen LogP contribution in [-0.2, 0) is 9.59 Å².